The molecule has 0 radical (unpaired) electrons. The SMILES string of the molecule is Cc1cc(Br)oc1C(=O)NCC1(C(N)=O)CCOCC1. The van der Waals surface area contributed by atoms with Crippen molar-refractivity contribution in [2.75, 3.05) is 19.8 Å². The summed E-state index contributed by atoms with van der Waals surface area (Å²) >= 11 is 3.18. The molecular formula is C13H17BrN2O4. The minimum atomic E-state index is -0.731. The van der Waals surface area contributed by atoms with Gasteiger partial charge in [0.15, 0.2) is 10.4 Å². The Labute approximate surface area is 125 Å². The van der Waals surface area contributed by atoms with Crippen LogP contribution in [0.15, 0.2) is 15.2 Å². The summed E-state index contributed by atoms with van der Waals surface area (Å²) in [5, 5.41) is 2.74. The Morgan fingerprint density at radius 1 is 1.45 bits per heavy atom. The third kappa shape index (κ3) is 3.04. The van der Waals surface area contributed by atoms with Crippen LogP contribution in [0.3, 0.4) is 0 Å². The highest BCUT2D eigenvalue weighted by molar-refractivity contribution is 9.10. The monoisotopic (exact) mass is 344 g/mol. The van der Waals surface area contributed by atoms with Gasteiger partial charge in [0.25, 0.3) is 5.91 Å². The van der Waals surface area contributed by atoms with E-state index in [-0.39, 0.29) is 18.2 Å². The molecule has 0 spiro atoms. The predicted molar refractivity (Wildman–Crippen MR) is 75.2 cm³/mol. The zero-order valence-corrected chi connectivity index (χ0v) is 12.8. The lowest BCUT2D eigenvalue weighted by atomic mass is 9.79. The number of furan rings is 1. The number of ether oxygens (including phenoxy) is 1. The number of aryl methyl sites for hydroxylation is 1. The van der Waals surface area contributed by atoms with E-state index in [2.05, 4.69) is 21.2 Å². The molecule has 1 saturated heterocycles. The topological polar surface area (TPSA) is 94.6 Å². The van der Waals surface area contributed by atoms with Gasteiger partial charge in [0.1, 0.15) is 0 Å². The summed E-state index contributed by atoms with van der Waals surface area (Å²) < 4.78 is 11.0. The molecule has 3 N–H and O–H groups in total. The smallest absolute Gasteiger partial charge is 0.287 e. The van der Waals surface area contributed by atoms with Crippen molar-refractivity contribution < 1.29 is 18.7 Å². The zero-order valence-electron chi connectivity index (χ0n) is 11.2. The first-order chi connectivity index (χ1) is 9.44. The molecule has 2 heterocycles. The quantitative estimate of drug-likeness (QED) is 0.862. The van der Waals surface area contributed by atoms with E-state index >= 15 is 0 Å². The second-order valence-corrected chi connectivity index (χ2v) is 5.78. The summed E-state index contributed by atoms with van der Waals surface area (Å²) in [5.41, 5.74) is 5.48. The molecule has 6 nitrogen and oxygen atoms in total. The Kier molecular flexibility index (Phi) is 4.49. The Morgan fingerprint density at radius 3 is 2.60 bits per heavy atom. The lowest BCUT2D eigenvalue weighted by Gasteiger charge is -2.34. The molecule has 0 unspecified atom stereocenters. The van der Waals surface area contributed by atoms with E-state index in [1.165, 1.54) is 0 Å². The summed E-state index contributed by atoms with van der Waals surface area (Å²) in [6.07, 6.45) is 1.03. The van der Waals surface area contributed by atoms with E-state index in [1.807, 2.05) is 0 Å². The van der Waals surface area contributed by atoms with Gasteiger partial charge in [-0.1, -0.05) is 0 Å². The lowest BCUT2D eigenvalue weighted by Crippen LogP contribution is -2.49. The number of nitrogens with two attached hydrogens (primary N) is 1. The maximum Gasteiger partial charge on any atom is 0.287 e. The highest BCUT2D eigenvalue weighted by Gasteiger charge is 2.39. The van der Waals surface area contributed by atoms with Crippen LogP contribution in [0.4, 0.5) is 0 Å². The maximum atomic E-state index is 12.1. The van der Waals surface area contributed by atoms with Crippen LogP contribution in [-0.2, 0) is 9.53 Å². The molecule has 1 fully saturated rings. The first kappa shape index (κ1) is 15.1. The molecule has 0 aliphatic carbocycles. The Hall–Kier alpha value is -1.34. The van der Waals surface area contributed by atoms with Gasteiger partial charge >= 0.3 is 0 Å². The molecule has 7 heteroatoms. The molecule has 0 aromatic carbocycles. The summed E-state index contributed by atoms with van der Waals surface area (Å²) in [5.74, 6) is -0.512. The molecule has 1 aromatic heterocycles. The molecule has 0 bridgehead atoms. The number of carbonyl (C=O) groups excluding carboxylic acids is 2. The number of rotatable bonds is 4. The number of nitrogens with one attached hydrogen (secondary N) is 1. The number of amides is 2. The van der Waals surface area contributed by atoms with Gasteiger partial charge in [-0.15, -0.1) is 0 Å². The molecule has 1 aromatic rings. The molecule has 1 aliphatic heterocycles. The summed E-state index contributed by atoms with van der Waals surface area (Å²) in [6.45, 7) is 2.93. The van der Waals surface area contributed by atoms with Crippen molar-refractivity contribution in [3.63, 3.8) is 0 Å². The number of hydrogen-bond acceptors (Lipinski definition) is 4. The van der Waals surface area contributed by atoms with E-state index in [9.17, 15) is 9.59 Å². The first-order valence-electron chi connectivity index (χ1n) is 6.36. The Morgan fingerprint density at radius 2 is 2.10 bits per heavy atom. The number of primary amides is 1. The zero-order chi connectivity index (χ0) is 14.8. The van der Waals surface area contributed by atoms with Gasteiger partial charge in [-0.25, -0.2) is 0 Å². The van der Waals surface area contributed by atoms with Crippen LogP contribution in [0, 0.1) is 12.3 Å². The molecular weight excluding hydrogens is 328 g/mol. The average Bonchev–Trinajstić information content (AvgIpc) is 2.76. The van der Waals surface area contributed by atoms with Crippen molar-refractivity contribution in [3.05, 3.63) is 22.1 Å². The highest BCUT2D eigenvalue weighted by atomic mass is 79.9. The van der Waals surface area contributed by atoms with Gasteiger partial charge in [-0.2, -0.15) is 0 Å². The second-order valence-electron chi connectivity index (χ2n) is 5.00. The third-order valence-electron chi connectivity index (χ3n) is 3.65. The van der Waals surface area contributed by atoms with E-state index in [0.717, 1.165) is 5.56 Å². The largest absolute Gasteiger partial charge is 0.444 e. The summed E-state index contributed by atoms with van der Waals surface area (Å²) in [4.78, 5) is 23.8. The van der Waals surface area contributed by atoms with Gasteiger partial charge in [-0.05, 0) is 41.8 Å². The number of carbonyl (C=O) groups is 2. The van der Waals surface area contributed by atoms with E-state index < -0.39 is 11.3 Å². The fourth-order valence-electron chi connectivity index (χ4n) is 2.27. The van der Waals surface area contributed by atoms with Crippen LogP contribution >= 0.6 is 15.9 Å². The minimum Gasteiger partial charge on any atom is -0.444 e. The minimum absolute atomic E-state index is 0.197. The van der Waals surface area contributed by atoms with Crippen molar-refractivity contribution in [2.45, 2.75) is 19.8 Å². The van der Waals surface area contributed by atoms with Crippen LogP contribution in [0.2, 0.25) is 0 Å². The van der Waals surface area contributed by atoms with Gasteiger partial charge in [0.2, 0.25) is 5.91 Å². The highest BCUT2D eigenvalue weighted by Crippen LogP contribution is 2.29. The second kappa shape index (κ2) is 5.97. The molecule has 20 heavy (non-hydrogen) atoms. The summed E-state index contributed by atoms with van der Waals surface area (Å²) in [6, 6.07) is 1.72. The van der Waals surface area contributed by atoms with Crippen LogP contribution in [0.5, 0.6) is 0 Å². The fraction of sp³-hybridized carbons (Fsp3) is 0.538. The van der Waals surface area contributed by atoms with Gasteiger partial charge in [0.05, 0.1) is 5.41 Å². The number of hydrogen-bond donors (Lipinski definition) is 2. The van der Waals surface area contributed by atoms with Crippen molar-refractivity contribution in [2.24, 2.45) is 11.1 Å². The van der Waals surface area contributed by atoms with Crippen molar-refractivity contribution in [1.82, 2.24) is 5.32 Å². The van der Waals surface area contributed by atoms with Gasteiger partial charge < -0.3 is 20.2 Å². The fourth-order valence-corrected chi connectivity index (χ4v) is 2.78. The lowest BCUT2D eigenvalue weighted by molar-refractivity contribution is -0.132. The standard InChI is InChI=1S/C13H17BrN2O4/c1-8-6-9(14)20-10(8)11(17)16-7-13(12(15)18)2-4-19-5-3-13/h6H,2-5,7H2,1H3,(H2,15,18)(H,16,17). The maximum absolute atomic E-state index is 12.1. The van der Waals surface area contributed by atoms with Crippen LogP contribution in [0.25, 0.3) is 0 Å². The van der Waals surface area contributed by atoms with Crippen LogP contribution < -0.4 is 11.1 Å². The molecule has 2 amide bonds. The molecule has 1 aliphatic rings. The third-order valence-corrected chi connectivity index (χ3v) is 4.04. The van der Waals surface area contributed by atoms with E-state index in [1.54, 1.807) is 13.0 Å². The average molecular weight is 345 g/mol. The van der Waals surface area contributed by atoms with Crippen molar-refractivity contribution in [1.29, 1.82) is 0 Å². The Balaban J connectivity index is 2.04. The van der Waals surface area contributed by atoms with Gasteiger partial charge in [-0.3, -0.25) is 9.59 Å². The molecule has 2 rings (SSSR count). The Bertz CT molecular complexity index is 520. The molecule has 0 saturated carbocycles. The predicted octanol–water partition coefficient (Wildman–Crippen LogP) is 1.36. The van der Waals surface area contributed by atoms with Crippen molar-refractivity contribution >= 4 is 27.7 Å². The summed E-state index contributed by atoms with van der Waals surface area (Å²) in [7, 11) is 0. The van der Waals surface area contributed by atoms with Gasteiger partial charge in [0, 0.05) is 25.3 Å². The van der Waals surface area contributed by atoms with Crippen molar-refractivity contribution in [3.8, 4) is 0 Å². The normalized spacial score (nSPS) is 17.7. The van der Waals surface area contributed by atoms with E-state index in [0.29, 0.717) is 30.7 Å². The van der Waals surface area contributed by atoms with E-state index in [4.69, 9.17) is 14.9 Å². The first-order valence-corrected chi connectivity index (χ1v) is 7.16. The number of halogens is 1. The van der Waals surface area contributed by atoms with Crippen LogP contribution in [0.1, 0.15) is 29.0 Å². The molecule has 110 valence electrons. The van der Waals surface area contributed by atoms with Crippen LogP contribution in [-0.4, -0.2) is 31.6 Å². The molecule has 0 atom stereocenters.